The number of amidine groups is 1. The molecular weight excluding hydrogens is 513 g/mol. The highest BCUT2D eigenvalue weighted by Crippen LogP contribution is 2.47. The molecule has 1 saturated heterocycles. The summed E-state index contributed by atoms with van der Waals surface area (Å²) < 4.78 is 20.2. The van der Waals surface area contributed by atoms with Gasteiger partial charge < -0.3 is 15.4 Å². The van der Waals surface area contributed by atoms with Gasteiger partial charge in [-0.25, -0.2) is 9.37 Å². The maximum atomic E-state index is 14.8. The minimum absolute atomic E-state index is 0.0717. The third-order valence-corrected chi connectivity index (χ3v) is 8.42. The quantitative estimate of drug-likeness (QED) is 0.530. The monoisotopic (exact) mass is 539 g/mol. The van der Waals surface area contributed by atoms with Crippen LogP contribution in [-0.2, 0) is 37.4 Å². The van der Waals surface area contributed by atoms with Crippen LogP contribution in [0.4, 0.5) is 15.9 Å². The van der Waals surface area contributed by atoms with Gasteiger partial charge in [0.2, 0.25) is 11.8 Å². The number of aromatic nitrogens is 1. The van der Waals surface area contributed by atoms with Gasteiger partial charge in [-0.15, -0.1) is 0 Å². The minimum atomic E-state index is -1.05. The number of benzene rings is 2. The van der Waals surface area contributed by atoms with Crippen LogP contribution in [0.2, 0.25) is 0 Å². The van der Waals surface area contributed by atoms with Crippen LogP contribution in [0.15, 0.2) is 65.8 Å². The molecule has 9 nitrogen and oxygen atoms in total. The molecule has 1 aromatic heterocycles. The third kappa shape index (κ3) is 3.74. The molecule has 2 N–H and O–H groups in total. The topological polar surface area (TPSA) is 113 Å². The number of anilines is 2. The first kappa shape index (κ1) is 24.6. The minimum Gasteiger partial charge on any atom is -0.381 e. The smallest absolute Gasteiger partial charge is 0.256 e. The van der Waals surface area contributed by atoms with Crippen LogP contribution in [0.5, 0.6) is 0 Å². The van der Waals surface area contributed by atoms with Crippen LogP contribution in [-0.4, -0.2) is 58.7 Å². The molecule has 1 unspecified atom stereocenters. The van der Waals surface area contributed by atoms with E-state index < -0.39 is 22.7 Å². The molecule has 202 valence electrons. The second kappa shape index (κ2) is 9.06. The summed E-state index contributed by atoms with van der Waals surface area (Å²) >= 11 is 0. The van der Waals surface area contributed by atoms with Crippen molar-refractivity contribution in [2.45, 2.75) is 36.6 Å². The lowest BCUT2D eigenvalue weighted by molar-refractivity contribution is -0.136. The van der Waals surface area contributed by atoms with E-state index in [0.717, 1.165) is 16.7 Å². The first-order valence-corrected chi connectivity index (χ1v) is 13.3. The molecule has 4 heterocycles. The van der Waals surface area contributed by atoms with Crippen LogP contribution in [0, 0.1) is 5.82 Å². The summed E-state index contributed by atoms with van der Waals surface area (Å²) in [7, 11) is 0. The molecule has 2 aromatic carbocycles. The van der Waals surface area contributed by atoms with Gasteiger partial charge in [0, 0.05) is 43.5 Å². The van der Waals surface area contributed by atoms with Gasteiger partial charge in [0.25, 0.3) is 5.91 Å². The Morgan fingerprint density at radius 2 is 1.85 bits per heavy atom. The Morgan fingerprint density at radius 3 is 2.67 bits per heavy atom. The highest BCUT2D eigenvalue weighted by molar-refractivity contribution is 6.17. The van der Waals surface area contributed by atoms with E-state index in [0.29, 0.717) is 50.4 Å². The average molecular weight is 540 g/mol. The number of pyridine rings is 1. The molecule has 1 fully saturated rings. The fraction of sp³-hybridized carbons (Fsp3) is 0.300. The Labute approximate surface area is 229 Å². The van der Waals surface area contributed by atoms with E-state index >= 15 is 0 Å². The Hall–Kier alpha value is -4.44. The van der Waals surface area contributed by atoms with Crippen molar-refractivity contribution in [3.63, 3.8) is 0 Å². The molecule has 3 aromatic rings. The lowest BCUT2D eigenvalue weighted by atomic mass is 9.79. The number of nitrogens with one attached hydrogen (secondary N) is 2. The van der Waals surface area contributed by atoms with Gasteiger partial charge in [-0.2, -0.15) is 0 Å². The Morgan fingerprint density at radius 1 is 1.05 bits per heavy atom. The SMILES string of the molecule is O=C(CN1C(=O)C2(CCOCC2)N=C1c1ccccc1F)Nc1ccc2c(c1)CC1(C2)C(=O)Nc2ncccc21. The van der Waals surface area contributed by atoms with Gasteiger partial charge in [-0.1, -0.05) is 24.3 Å². The fourth-order valence-corrected chi connectivity index (χ4v) is 6.38. The zero-order valence-electron chi connectivity index (χ0n) is 21.6. The number of ether oxygens (including phenoxy) is 1. The Kier molecular flexibility index (Phi) is 5.57. The Balaban J connectivity index is 1.12. The normalized spacial score (nSPS) is 22.3. The van der Waals surface area contributed by atoms with Gasteiger partial charge in [0.1, 0.15) is 29.6 Å². The number of amides is 3. The predicted octanol–water partition coefficient (Wildman–Crippen LogP) is 2.99. The second-order valence-corrected chi connectivity index (χ2v) is 10.8. The first-order chi connectivity index (χ1) is 19.4. The van der Waals surface area contributed by atoms with Gasteiger partial charge >= 0.3 is 0 Å². The van der Waals surface area contributed by atoms with Crippen molar-refractivity contribution in [3.05, 3.63) is 88.9 Å². The molecule has 0 bridgehead atoms. The second-order valence-electron chi connectivity index (χ2n) is 10.8. The van der Waals surface area contributed by atoms with Crippen LogP contribution < -0.4 is 10.6 Å². The number of carbonyl (C=O) groups excluding carboxylic acids is 3. The molecule has 3 amide bonds. The lowest BCUT2D eigenvalue weighted by Gasteiger charge is -2.29. The Bertz CT molecular complexity index is 1620. The molecule has 2 spiro atoms. The van der Waals surface area contributed by atoms with E-state index in [1.165, 1.54) is 11.0 Å². The van der Waals surface area contributed by atoms with E-state index in [4.69, 9.17) is 9.73 Å². The molecule has 1 atom stereocenters. The molecular formula is C30H26FN5O4. The summed E-state index contributed by atoms with van der Waals surface area (Å²) in [5.41, 5.74) is 1.87. The van der Waals surface area contributed by atoms with Crippen molar-refractivity contribution < 1.29 is 23.5 Å². The maximum Gasteiger partial charge on any atom is 0.256 e. The van der Waals surface area contributed by atoms with Crippen LogP contribution in [0.1, 0.15) is 35.1 Å². The summed E-state index contributed by atoms with van der Waals surface area (Å²) in [4.78, 5) is 50.2. The predicted molar refractivity (Wildman–Crippen MR) is 144 cm³/mol. The summed E-state index contributed by atoms with van der Waals surface area (Å²) in [6, 6.07) is 15.5. The molecule has 40 heavy (non-hydrogen) atoms. The van der Waals surface area contributed by atoms with Crippen LogP contribution in [0.25, 0.3) is 0 Å². The van der Waals surface area contributed by atoms with E-state index in [1.54, 1.807) is 30.5 Å². The molecule has 7 rings (SSSR count). The number of aliphatic imine (C=N–C) groups is 1. The number of rotatable bonds is 4. The molecule has 0 radical (unpaired) electrons. The van der Waals surface area contributed by atoms with Crippen molar-refractivity contribution in [3.8, 4) is 0 Å². The largest absolute Gasteiger partial charge is 0.381 e. The van der Waals surface area contributed by atoms with Crippen molar-refractivity contribution in [2.24, 2.45) is 4.99 Å². The third-order valence-electron chi connectivity index (χ3n) is 8.42. The van der Waals surface area contributed by atoms with Crippen molar-refractivity contribution >= 4 is 35.1 Å². The van der Waals surface area contributed by atoms with Gasteiger partial charge in [0.05, 0.1) is 11.0 Å². The molecule has 0 saturated carbocycles. The van der Waals surface area contributed by atoms with E-state index in [9.17, 15) is 18.8 Å². The number of fused-ring (bicyclic) bond motifs is 3. The standard InChI is InChI=1S/C30H26FN5O4/c31-23-6-2-1-4-21(23)26-35-30(9-12-40-13-10-30)28(39)36(26)17-24(37)33-20-8-7-18-15-29(16-19(18)14-20)22-5-3-11-32-25(22)34-27(29)38/h1-8,11,14H,9-10,12-13,15-17H2,(H,33,37)(H,32,34,38). The molecule has 10 heteroatoms. The fourth-order valence-electron chi connectivity index (χ4n) is 6.38. The summed E-state index contributed by atoms with van der Waals surface area (Å²) in [5, 5.41) is 5.79. The number of hydrogen-bond acceptors (Lipinski definition) is 6. The molecule has 1 aliphatic carbocycles. The zero-order valence-corrected chi connectivity index (χ0v) is 21.6. The van der Waals surface area contributed by atoms with Crippen molar-refractivity contribution in [1.29, 1.82) is 0 Å². The maximum absolute atomic E-state index is 14.8. The summed E-state index contributed by atoms with van der Waals surface area (Å²) in [5.74, 6) is -0.572. The van der Waals surface area contributed by atoms with E-state index in [-0.39, 0.29) is 29.8 Å². The number of halogens is 1. The van der Waals surface area contributed by atoms with E-state index in [2.05, 4.69) is 15.6 Å². The van der Waals surface area contributed by atoms with Crippen molar-refractivity contribution in [2.75, 3.05) is 30.4 Å². The molecule has 3 aliphatic heterocycles. The number of carbonyl (C=O) groups is 3. The molecule has 4 aliphatic rings. The van der Waals surface area contributed by atoms with Crippen LogP contribution in [0.3, 0.4) is 0 Å². The van der Waals surface area contributed by atoms with Gasteiger partial charge in [0.15, 0.2) is 0 Å². The van der Waals surface area contributed by atoms with Crippen LogP contribution >= 0.6 is 0 Å². The first-order valence-electron chi connectivity index (χ1n) is 13.3. The number of hydrogen-bond donors (Lipinski definition) is 2. The summed E-state index contributed by atoms with van der Waals surface area (Å²) in [6.45, 7) is 0.432. The highest BCUT2D eigenvalue weighted by atomic mass is 19.1. The number of nitrogens with zero attached hydrogens (tertiary/aromatic N) is 3. The lowest BCUT2D eigenvalue weighted by Crippen LogP contribution is -2.48. The highest BCUT2D eigenvalue weighted by Gasteiger charge is 2.52. The van der Waals surface area contributed by atoms with Crippen molar-refractivity contribution in [1.82, 2.24) is 9.88 Å². The summed E-state index contributed by atoms with van der Waals surface area (Å²) in [6.07, 6.45) is 3.46. The van der Waals surface area contributed by atoms with E-state index in [1.807, 2.05) is 24.3 Å². The van der Waals surface area contributed by atoms with Gasteiger partial charge in [-0.05, 0) is 54.3 Å². The average Bonchev–Trinajstić information content (AvgIpc) is 3.56. The zero-order chi connectivity index (χ0) is 27.5. The van der Waals surface area contributed by atoms with Gasteiger partial charge in [-0.3, -0.25) is 24.3 Å².